The van der Waals surface area contributed by atoms with Crippen LogP contribution in [-0.2, 0) is 11.2 Å². The molecule has 0 saturated heterocycles. The van der Waals surface area contributed by atoms with Crippen molar-refractivity contribution in [1.29, 1.82) is 0 Å². The van der Waals surface area contributed by atoms with Gasteiger partial charge in [-0.1, -0.05) is 17.7 Å². The van der Waals surface area contributed by atoms with Crippen LogP contribution in [-0.4, -0.2) is 18.0 Å². The fraction of sp³-hybridized carbons (Fsp3) is 0.250. The van der Waals surface area contributed by atoms with Gasteiger partial charge in [0.05, 0.1) is 19.2 Å². The summed E-state index contributed by atoms with van der Waals surface area (Å²) in [6.07, 6.45) is 1.97. The first-order chi connectivity index (χ1) is 9.99. The highest BCUT2D eigenvalue weighted by atomic mass is 35.5. The molecule has 0 spiro atoms. The fourth-order valence-electron chi connectivity index (χ4n) is 1.91. The van der Waals surface area contributed by atoms with Gasteiger partial charge in [-0.25, -0.2) is 0 Å². The number of aromatic nitrogens is 1. The zero-order valence-electron chi connectivity index (χ0n) is 12.2. The van der Waals surface area contributed by atoms with Crippen LogP contribution in [0.2, 0.25) is 5.02 Å². The number of methoxy groups -OCH3 is 1. The summed E-state index contributed by atoms with van der Waals surface area (Å²) in [5.41, 5.74) is 3.28. The number of amides is 1. The lowest BCUT2D eigenvalue weighted by Gasteiger charge is -2.12. The number of rotatable bonds is 4. The lowest BCUT2D eigenvalue weighted by atomic mass is 10.1. The van der Waals surface area contributed by atoms with Crippen molar-refractivity contribution < 1.29 is 9.53 Å². The fourth-order valence-corrected chi connectivity index (χ4v) is 2.07. The first-order valence-electron chi connectivity index (χ1n) is 6.55. The van der Waals surface area contributed by atoms with Gasteiger partial charge in [0.15, 0.2) is 0 Å². The quantitative estimate of drug-likeness (QED) is 0.940. The highest BCUT2D eigenvalue weighted by Gasteiger charge is 2.11. The van der Waals surface area contributed by atoms with E-state index in [1.165, 1.54) is 0 Å². The largest absolute Gasteiger partial charge is 0.495 e. The maximum Gasteiger partial charge on any atom is 0.228 e. The summed E-state index contributed by atoms with van der Waals surface area (Å²) < 4.78 is 5.24. The van der Waals surface area contributed by atoms with E-state index in [4.69, 9.17) is 16.3 Å². The Morgan fingerprint density at radius 3 is 2.71 bits per heavy atom. The first-order valence-corrected chi connectivity index (χ1v) is 6.93. The molecule has 5 heteroatoms. The van der Waals surface area contributed by atoms with Crippen LogP contribution in [0.4, 0.5) is 5.69 Å². The average Bonchev–Trinajstić information content (AvgIpc) is 2.45. The number of hydrogen-bond donors (Lipinski definition) is 1. The van der Waals surface area contributed by atoms with Gasteiger partial charge in [0, 0.05) is 23.0 Å². The maximum absolute atomic E-state index is 12.1. The molecule has 0 aliphatic carbocycles. The van der Waals surface area contributed by atoms with E-state index >= 15 is 0 Å². The number of nitrogens with one attached hydrogen (secondary N) is 1. The van der Waals surface area contributed by atoms with Crippen LogP contribution in [0, 0.1) is 13.8 Å². The molecule has 0 unspecified atom stereocenters. The van der Waals surface area contributed by atoms with Gasteiger partial charge in [0.25, 0.3) is 0 Å². The van der Waals surface area contributed by atoms with Crippen molar-refractivity contribution in [3.8, 4) is 5.75 Å². The third-order valence-electron chi connectivity index (χ3n) is 3.09. The molecule has 0 atom stereocenters. The lowest BCUT2D eigenvalue weighted by Crippen LogP contribution is -2.15. The van der Waals surface area contributed by atoms with Crippen molar-refractivity contribution in [3.05, 3.63) is 52.3 Å². The predicted molar refractivity (Wildman–Crippen MR) is 84.0 cm³/mol. The van der Waals surface area contributed by atoms with E-state index in [-0.39, 0.29) is 12.3 Å². The van der Waals surface area contributed by atoms with E-state index in [1.54, 1.807) is 25.4 Å². The van der Waals surface area contributed by atoms with Gasteiger partial charge in [-0.15, -0.1) is 0 Å². The number of anilines is 1. The third kappa shape index (κ3) is 3.95. The number of pyridine rings is 1. The molecular weight excluding hydrogens is 288 g/mol. The Kier molecular flexibility index (Phi) is 4.81. The van der Waals surface area contributed by atoms with E-state index in [0.717, 1.165) is 16.8 Å². The summed E-state index contributed by atoms with van der Waals surface area (Å²) >= 11 is 6.04. The molecule has 4 nitrogen and oxygen atoms in total. The molecule has 0 radical (unpaired) electrons. The van der Waals surface area contributed by atoms with Gasteiger partial charge >= 0.3 is 0 Å². The molecular formula is C16H17ClN2O2. The Hall–Kier alpha value is -2.07. The number of hydrogen-bond acceptors (Lipinski definition) is 3. The van der Waals surface area contributed by atoms with Crippen molar-refractivity contribution in [2.45, 2.75) is 20.3 Å². The van der Waals surface area contributed by atoms with Gasteiger partial charge in [-0.3, -0.25) is 9.78 Å². The maximum atomic E-state index is 12.1. The highest BCUT2D eigenvalue weighted by Crippen LogP contribution is 2.30. The second kappa shape index (κ2) is 6.59. The third-order valence-corrected chi connectivity index (χ3v) is 3.50. The van der Waals surface area contributed by atoms with Gasteiger partial charge in [-0.05, 0) is 37.1 Å². The van der Waals surface area contributed by atoms with Gasteiger partial charge < -0.3 is 10.1 Å². The Labute approximate surface area is 129 Å². The second-order valence-corrected chi connectivity index (χ2v) is 5.24. The number of halogens is 1. The number of benzene rings is 1. The van der Waals surface area contributed by atoms with Gasteiger partial charge in [0.1, 0.15) is 5.75 Å². The molecule has 0 aliphatic rings. The molecule has 21 heavy (non-hydrogen) atoms. The Morgan fingerprint density at radius 1 is 1.33 bits per heavy atom. The lowest BCUT2D eigenvalue weighted by molar-refractivity contribution is -0.115. The van der Waals surface area contributed by atoms with Gasteiger partial charge in [0.2, 0.25) is 5.91 Å². The Morgan fingerprint density at radius 2 is 2.10 bits per heavy atom. The van der Waals surface area contributed by atoms with Crippen LogP contribution in [0.3, 0.4) is 0 Å². The number of carbonyl (C=O) groups excluding carboxylic acids is 1. The minimum absolute atomic E-state index is 0.124. The molecule has 0 fully saturated rings. The van der Waals surface area contributed by atoms with E-state index in [1.807, 2.05) is 26.0 Å². The molecule has 1 N–H and O–H groups in total. The monoisotopic (exact) mass is 304 g/mol. The highest BCUT2D eigenvalue weighted by molar-refractivity contribution is 6.31. The van der Waals surface area contributed by atoms with E-state index in [0.29, 0.717) is 16.5 Å². The summed E-state index contributed by atoms with van der Waals surface area (Å²) in [6, 6.07) is 7.27. The topological polar surface area (TPSA) is 51.2 Å². The molecule has 1 amide bonds. The second-order valence-electron chi connectivity index (χ2n) is 4.83. The molecule has 2 rings (SSSR count). The van der Waals surface area contributed by atoms with Gasteiger partial charge in [-0.2, -0.15) is 0 Å². The SMILES string of the molecule is COc1cc(Cl)c(C)cc1NC(=O)Cc1ccc(C)nc1. The van der Waals surface area contributed by atoms with Crippen LogP contribution in [0.15, 0.2) is 30.5 Å². The van der Waals surface area contributed by atoms with Crippen LogP contribution in [0.25, 0.3) is 0 Å². The van der Waals surface area contributed by atoms with Crippen LogP contribution < -0.4 is 10.1 Å². The number of ether oxygens (including phenoxy) is 1. The molecule has 2 aromatic rings. The minimum atomic E-state index is -0.124. The standard InChI is InChI=1S/C16H17ClN2O2/c1-10-6-14(15(21-3)8-13(10)17)19-16(20)7-12-5-4-11(2)18-9-12/h4-6,8-9H,7H2,1-3H3,(H,19,20). The summed E-state index contributed by atoms with van der Waals surface area (Å²) in [4.78, 5) is 16.3. The van der Waals surface area contributed by atoms with Crippen molar-refractivity contribution >= 4 is 23.2 Å². The van der Waals surface area contributed by atoms with E-state index in [9.17, 15) is 4.79 Å². The smallest absolute Gasteiger partial charge is 0.228 e. The normalized spacial score (nSPS) is 10.3. The summed E-state index contributed by atoms with van der Waals surface area (Å²) in [5.74, 6) is 0.418. The van der Waals surface area contributed by atoms with Crippen molar-refractivity contribution in [3.63, 3.8) is 0 Å². The number of carbonyl (C=O) groups is 1. The molecule has 1 aromatic heterocycles. The molecule has 1 aromatic carbocycles. The summed E-state index contributed by atoms with van der Waals surface area (Å²) in [6.45, 7) is 3.78. The number of nitrogens with zero attached hydrogens (tertiary/aromatic N) is 1. The van der Waals surface area contributed by atoms with Crippen molar-refractivity contribution in [2.24, 2.45) is 0 Å². The Balaban J connectivity index is 2.12. The van der Waals surface area contributed by atoms with Crippen LogP contribution in [0.1, 0.15) is 16.8 Å². The Bertz CT molecular complexity index is 654. The molecule has 110 valence electrons. The van der Waals surface area contributed by atoms with Crippen LogP contribution >= 0.6 is 11.6 Å². The summed E-state index contributed by atoms with van der Waals surface area (Å²) in [5, 5.41) is 3.45. The zero-order chi connectivity index (χ0) is 15.4. The average molecular weight is 305 g/mol. The molecule has 0 bridgehead atoms. The van der Waals surface area contributed by atoms with E-state index in [2.05, 4.69) is 10.3 Å². The minimum Gasteiger partial charge on any atom is -0.495 e. The number of aryl methyl sites for hydroxylation is 2. The van der Waals surface area contributed by atoms with E-state index < -0.39 is 0 Å². The first kappa shape index (κ1) is 15.3. The zero-order valence-corrected chi connectivity index (χ0v) is 13.0. The predicted octanol–water partition coefficient (Wildman–Crippen LogP) is 3.54. The van der Waals surface area contributed by atoms with Crippen LogP contribution in [0.5, 0.6) is 5.75 Å². The van der Waals surface area contributed by atoms with Crippen molar-refractivity contribution in [2.75, 3.05) is 12.4 Å². The van der Waals surface area contributed by atoms with Crippen molar-refractivity contribution in [1.82, 2.24) is 4.98 Å². The summed E-state index contributed by atoms with van der Waals surface area (Å²) in [7, 11) is 1.54. The molecule has 0 saturated carbocycles. The molecule has 0 aliphatic heterocycles. The molecule has 1 heterocycles.